The van der Waals surface area contributed by atoms with Crippen molar-refractivity contribution in [2.24, 2.45) is 0 Å². The number of anilines is 3. The number of nitrogens with one attached hydrogen (secondary N) is 1. The summed E-state index contributed by atoms with van der Waals surface area (Å²) < 4.78 is 13.4. The van der Waals surface area contributed by atoms with Gasteiger partial charge in [0.15, 0.2) is 11.6 Å². The van der Waals surface area contributed by atoms with E-state index >= 15 is 0 Å². The topological polar surface area (TPSA) is 114 Å². The number of aromatic nitrogens is 3. The van der Waals surface area contributed by atoms with Crippen LogP contribution in [0.4, 0.5) is 27.5 Å². The quantitative estimate of drug-likeness (QED) is 0.438. The van der Waals surface area contributed by atoms with Crippen molar-refractivity contribution >= 4 is 34.7 Å². The van der Waals surface area contributed by atoms with E-state index in [9.17, 15) is 14.5 Å². The number of nitrogens with zero attached hydrogens (tertiary/aromatic N) is 4. The molecule has 150 valence electrons. The molecule has 0 radical (unpaired) electrons. The van der Waals surface area contributed by atoms with E-state index < -0.39 is 4.92 Å². The van der Waals surface area contributed by atoms with Gasteiger partial charge in [-0.15, -0.1) is 0 Å². The molecule has 0 unspecified atom stereocenters. The lowest BCUT2D eigenvalue weighted by molar-refractivity contribution is -0.384. The second-order valence-corrected chi connectivity index (χ2v) is 7.42. The Hall–Kier alpha value is -3.20. The number of rotatable bonds is 6. The molecule has 1 saturated carbocycles. The molecule has 10 heteroatoms. The second-order valence-electron chi connectivity index (χ2n) is 7.01. The van der Waals surface area contributed by atoms with E-state index in [1.807, 2.05) is 13.0 Å². The fourth-order valence-corrected chi connectivity index (χ4v) is 3.47. The van der Waals surface area contributed by atoms with Crippen LogP contribution in [-0.4, -0.2) is 20.1 Å². The van der Waals surface area contributed by atoms with Gasteiger partial charge in [-0.3, -0.25) is 15.2 Å². The van der Waals surface area contributed by atoms with Gasteiger partial charge < -0.3 is 10.6 Å². The van der Waals surface area contributed by atoms with Crippen LogP contribution in [0.2, 0.25) is 5.02 Å². The molecule has 1 aliphatic carbocycles. The molecule has 3 aromatic rings. The molecule has 0 bridgehead atoms. The zero-order valence-electron chi connectivity index (χ0n) is 15.5. The summed E-state index contributed by atoms with van der Waals surface area (Å²) in [5.41, 5.74) is 7.24. The van der Waals surface area contributed by atoms with E-state index in [0.717, 1.165) is 24.1 Å². The second kappa shape index (κ2) is 7.32. The number of H-pyrrole nitrogens is 1. The van der Waals surface area contributed by atoms with Gasteiger partial charge in [-0.2, -0.15) is 5.10 Å². The van der Waals surface area contributed by atoms with Crippen molar-refractivity contribution in [1.29, 1.82) is 0 Å². The van der Waals surface area contributed by atoms with E-state index in [2.05, 4.69) is 15.2 Å². The maximum atomic E-state index is 13.4. The summed E-state index contributed by atoms with van der Waals surface area (Å²) in [6, 6.07) is 8.78. The van der Waals surface area contributed by atoms with Gasteiger partial charge >= 0.3 is 5.69 Å². The molecule has 8 nitrogen and oxygen atoms in total. The number of hydrogen-bond donors (Lipinski definition) is 2. The van der Waals surface area contributed by atoms with Crippen molar-refractivity contribution in [3.05, 3.63) is 68.6 Å². The van der Waals surface area contributed by atoms with Crippen LogP contribution in [0.1, 0.15) is 43.0 Å². The van der Waals surface area contributed by atoms with Gasteiger partial charge in [-0.1, -0.05) is 23.7 Å². The molecule has 1 aliphatic rings. The average molecular weight is 417 g/mol. The Bertz CT molecular complexity index is 1070. The van der Waals surface area contributed by atoms with Crippen LogP contribution in [0.25, 0.3) is 0 Å². The lowest BCUT2D eigenvalue weighted by Crippen LogP contribution is -2.24. The van der Waals surface area contributed by atoms with Crippen molar-refractivity contribution in [3.8, 4) is 0 Å². The smallest absolute Gasteiger partial charge is 0.312 e. The zero-order valence-corrected chi connectivity index (χ0v) is 16.2. The van der Waals surface area contributed by atoms with Crippen LogP contribution in [-0.2, 0) is 0 Å². The molecule has 1 aromatic carbocycles. The number of nitrogen functional groups attached to an aromatic ring is 1. The summed E-state index contributed by atoms with van der Waals surface area (Å²) in [5, 5.41) is 18.7. The van der Waals surface area contributed by atoms with Crippen molar-refractivity contribution in [3.63, 3.8) is 0 Å². The lowest BCUT2D eigenvalue weighted by Gasteiger charge is -2.29. The molecule has 1 fully saturated rings. The Morgan fingerprint density at radius 1 is 1.34 bits per heavy atom. The standard InChI is InChI=1S/C19H18ClFN6O2/c1-10(11-4-6-13(21)7-5-11)26(17-9-15(24-25-17)12-2-3-12)19-14(20)8-16(27(28)29)18(22)23-19/h4-10,12H,2-3H2,1H3,(H2,22,23)(H,24,25)/t10-/m0/s1. The first-order valence-corrected chi connectivity index (χ1v) is 9.43. The first kappa shape index (κ1) is 19.1. The molecule has 0 saturated heterocycles. The third kappa shape index (κ3) is 3.73. The molecule has 2 aromatic heterocycles. The number of aromatic amines is 1. The van der Waals surface area contributed by atoms with Gasteiger partial charge in [0.05, 0.1) is 16.0 Å². The van der Waals surface area contributed by atoms with E-state index in [1.165, 1.54) is 18.2 Å². The predicted molar refractivity (Wildman–Crippen MR) is 108 cm³/mol. The Balaban J connectivity index is 1.82. The van der Waals surface area contributed by atoms with E-state index in [0.29, 0.717) is 11.7 Å². The Morgan fingerprint density at radius 2 is 2.03 bits per heavy atom. The number of nitro groups is 1. The molecule has 1 atom stereocenters. The van der Waals surface area contributed by atoms with Crippen molar-refractivity contribution < 1.29 is 9.31 Å². The minimum atomic E-state index is -0.633. The SMILES string of the molecule is C[C@@H](c1ccc(F)cc1)N(c1cc(C2CC2)[nH]n1)c1nc(N)c([N+](=O)[O-])cc1Cl. The lowest BCUT2D eigenvalue weighted by atomic mass is 10.1. The van der Waals surface area contributed by atoms with E-state index in [-0.39, 0.29) is 34.2 Å². The summed E-state index contributed by atoms with van der Waals surface area (Å²) in [7, 11) is 0. The zero-order chi connectivity index (χ0) is 20.7. The highest BCUT2D eigenvalue weighted by atomic mass is 35.5. The van der Waals surface area contributed by atoms with E-state index in [1.54, 1.807) is 17.0 Å². The number of benzene rings is 1. The van der Waals surface area contributed by atoms with Gasteiger partial charge in [-0.05, 0) is 37.5 Å². The summed E-state index contributed by atoms with van der Waals surface area (Å²) in [6.45, 7) is 1.88. The number of halogens is 2. The molecule has 0 aliphatic heterocycles. The highest BCUT2D eigenvalue weighted by molar-refractivity contribution is 6.33. The maximum Gasteiger partial charge on any atom is 0.312 e. The van der Waals surface area contributed by atoms with Gasteiger partial charge in [-0.25, -0.2) is 9.37 Å². The highest BCUT2D eigenvalue weighted by Crippen LogP contribution is 2.43. The molecule has 29 heavy (non-hydrogen) atoms. The summed E-state index contributed by atoms with van der Waals surface area (Å²) in [6.07, 6.45) is 2.19. The van der Waals surface area contributed by atoms with Crippen LogP contribution < -0.4 is 10.6 Å². The van der Waals surface area contributed by atoms with Gasteiger partial charge in [0.25, 0.3) is 0 Å². The van der Waals surface area contributed by atoms with Crippen molar-refractivity contribution in [1.82, 2.24) is 15.2 Å². The third-order valence-corrected chi connectivity index (χ3v) is 5.26. The Kier molecular flexibility index (Phi) is 4.83. The predicted octanol–water partition coefficient (Wildman–Crippen LogP) is 4.86. The normalized spacial score (nSPS) is 14.6. The van der Waals surface area contributed by atoms with Crippen molar-refractivity contribution in [2.75, 3.05) is 10.6 Å². The largest absolute Gasteiger partial charge is 0.378 e. The molecule has 0 spiro atoms. The Morgan fingerprint density at radius 3 is 2.66 bits per heavy atom. The van der Waals surface area contributed by atoms with E-state index in [4.69, 9.17) is 17.3 Å². The van der Waals surface area contributed by atoms with Gasteiger partial charge in [0.1, 0.15) is 5.82 Å². The number of pyridine rings is 1. The Labute approximate surface area is 170 Å². The van der Waals surface area contributed by atoms with Gasteiger partial charge in [0, 0.05) is 23.7 Å². The molecular formula is C19H18ClFN6O2. The molecule has 2 heterocycles. The van der Waals surface area contributed by atoms with Crippen LogP contribution >= 0.6 is 11.6 Å². The maximum absolute atomic E-state index is 13.4. The van der Waals surface area contributed by atoms with Crippen LogP contribution in [0.15, 0.2) is 36.4 Å². The summed E-state index contributed by atoms with van der Waals surface area (Å²) >= 11 is 6.37. The molecule has 3 N–H and O–H groups in total. The molecule has 4 rings (SSSR count). The number of hydrogen-bond acceptors (Lipinski definition) is 6. The van der Waals surface area contributed by atoms with Crippen LogP contribution in [0, 0.1) is 15.9 Å². The summed E-state index contributed by atoms with van der Waals surface area (Å²) in [4.78, 5) is 16.5. The molecular weight excluding hydrogens is 399 g/mol. The monoisotopic (exact) mass is 416 g/mol. The molecule has 0 amide bonds. The number of nitrogens with two attached hydrogens (primary N) is 1. The minimum Gasteiger partial charge on any atom is -0.378 e. The minimum absolute atomic E-state index is 0.0656. The first-order valence-electron chi connectivity index (χ1n) is 9.05. The first-order chi connectivity index (χ1) is 13.8. The van der Waals surface area contributed by atoms with Crippen LogP contribution in [0.5, 0.6) is 0 Å². The fourth-order valence-electron chi connectivity index (χ4n) is 3.23. The van der Waals surface area contributed by atoms with Gasteiger partial charge in [0.2, 0.25) is 5.82 Å². The average Bonchev–Trinajstić information content (AvgIpc) is 3.43. The summed E-state index contributed by atoms with van der Waals surface area (Å²) in [5.74, 6) is 0.638. The fraction of sp³-hybridized carbons (Fsp3) is 0.263. The highest BCUT2D eigenvalue weighted by Gasteiger charge is 2.30. The third-order valence-electron chi connectivity index (χ3n) is 4.98. The van der Waals surface area contributed by atoms with Crippen LogP contribution in [0.3, 0.4) is 0 Å². The van der Waals surface area contributed by atoms with Crippen molar-refractivity contribution in [2.45, 2.75) is 31.7 Å².